The van der Waals surface area contributed by atoms with Gasteiger partial charge in [0.15, 0.2) is 0 Å². The van der Waals surface area contributed by atoms with Crippen LogP contribution in [0.5, 0.6) is 0 Å². The molecule has 1 fully saturated rings. The first-order valence-electron chi connectivity index (χ1n) is 9.06. The number of amides is 1. The Labute approximate surface area is 160 Å². The number of halogens is 2. The number of carbonyl (C=O) groups excluding carboxylic acids is 1. The molecular formula is C17H32F2NO6P. The second kappa shape index (κ2) is 8.31. The van der Waals surface area contributed by atoms with Gasteiger partial charge in [-0.05, 0) is 48.5 Å². The highest BCUT2D eigenvalue weighted by Crippen LogP contribution is 2.65. The molecule has 0 spiro atoms. The first-order valence-corrected chi connectivity index (χ1v) is 10.6. The quantitative estimate of drug-likeness (QED) is 0.553. The summed E-state index contributed by atoms with van der Waals surface area (Å²) in [6.45, 7) is 11.8. The Morgan fingerprint density at radius 1 is 1.26 bits per heavy atom. The van der Waals surface area contributed by atoms with Gasteiger partial charge in [-0.25, -0.2) is 4.79 Å². The smallest absolute Gasteiger partial charge is 0.412 e. The van der Waals surface area contributed by atoms with Gasteiger partial charge in [-0.1, -0.05) is 6.92 Å². The van der Waals surface area contributed by atoms with E-state index < -0.39 is 42.6 Å². The van der Waals surface area contributed by atoms with E-state index in [-0.39, 0.29) is 19.8 Å². The highest BCUT2D eigenvalue weighted by molar-refractivity contribution is 7.55. The second-order valence-electron chi connectivity index (χ2n) is 7.88. The normalized spacial score (nSPS) is 22.0. The minimum atomic E-state index is -4.74. The lowest BCUT2D eigenvalue weighted by Crippen LogP contribution is -2.54. The fraction of sp³-hybridized carbons (Fsp3) is 0.941. The molecule has 1 rings (SSSR count). The van der Waals surface area contributed by atoms with Crippen LogP contribution in [-0.4, -0.2) is 53.8 Å². The van der Waals surface area contributed by atoms with Crippen LogP contribution in [0, 0.1) is 5.92 Å². The maximum atomic E-state index is 15.2. The summed E-state index contributed by atoms with van der Waals surface area (Å²) < 4.78 is 63.7. The molecule has 0 radical (unpaired) electrons. The molecule has 0 aromatic rings. The van der Waals surface area contributed by atoms with Gasteiger partial charge >= 0.3 is 19.4 Å². The standard InChI is InChI=1S/C17H32F2NO6P/c1-9-24-27(22,25-10-2)17(18,19)12(3)13-11-23-16(7,8)20(13)14(21)26-15(4,5)6/h12-13H,9-11H2,1-8H3/t12-,13+/m0/s1. The highest BCUT2D eigenvalue weighted by Gasteiger charge is 2.62. The zero-order valence-electron chi connectivity index (χ0n) is 17.4. The predicted molar refractivity (Wildman–Crippen MR) is 96.9 cm³/mol. The molecule has 0 unspecified atom stereocenters. The summed E-state index contributed by atoms with van der Waals surface area (Å²) in [4.78, 5) is 13.8. The molecule has 0 aromatic carbocycles. The number of carbonyl (C=O) groups is 1. The van der Waals surface area contributed by atoms with Crippen molar-refractivity contribution in [1.29, 1.82) is 0 Å². The fourth-order valence-corrected chi connectivity index (χ4v) is 4.67. The van der Waals surface area contributed by atoms with E-state index in [0.717, 1.165) is 4.90 Å². The molecule has 1 amide bonds. The van der Waals surface area contributed by atoms with Crippen LogP contribution in [0.2, 0.25) is 0 Å². The largest absolute Gasteiger partial charge is 0.444 e. The average Bonchev–Trinajstić information content (AvgIpc) is 2.80. The zero-order chi connectivity index (χ0) is 21.3. The number of rotatable bonds is 7. The van der Waals surface area contributed by atoms with Crippen molar-refractivity contribution in [3.63, 3.8) is 0 Å². The molecular weight excluding hydrogens is 383 g/mol. The topological polar surface area (TPSA) is 74.3 Å². The number of alkyl halides is 2. The number of hydrogen-bond acceptors (Lipinski definition) is 6. The van der Waals surface area contributed by atoms with Crippen LogP contribution >= 0.6 is 7.60 Å². The summed E-state index contributed by atoms with van der Waals surface area (Å²) in [7, 11) is -4.74. The van der Waals surface area contributed by atoms with Crippen molar-refractivity contribution in [2.75, 3.05) is 19.8 Å². The first kappa shape index (κ1) is 24.3. The molecule has 1 heterocycles. The van der Waals surface area contributed by atoms with Crippen molar-refractivity contribution in [2.45, 2.75) is 78.4 Å². The minimum absolute atomic E-state index is 0.152. The Morgan fingerprint density at radius 3 is 2.15 bits per heavy atom. The molecule has 2 atom stereocenters. The monoisotopic (exact) mass is 415 g/mol. The van der Waals surface area contributed by atoms with Crippen molar-refractivity contribution in [3.8, 4) is 0 Å². The number of hydrogen-bond donors (Lipinski definition) is 0. The Morgan fingerprint density at radius 2 is 1.74 bits per heavy atom. The summed E-state index contributed by atoms with van der Waals surface area (Å²) >= 11 is 0. The summed E-state index contributed by atoms with van der Waals surface area (Å²) in [5.41, 5.74) is -5.79. The number of nitrogens with zero attached hydrogens (tertiary/aromatic N) is 1. The lowest BCUT2D eigenvalue weighted by atomic mass is 10.0. The van der Waals surface area contributed by atoms with Gasteiger partial charge in [-0.3, -0.25) is 9.46 Å². The second-order valence-corrected chi connectivity index (χ2v) is 9.99. The van der Waals surface area contributed by atoms with Gasteiger partial charge < -0.3 is 18.5 Å². The van der Waals surface area contributed by atoms with Gasteiger partial charge in [-0.15, -0.1) is 0 Å². The molecule has 1 aliphatic heterocycles. The first-order chi connectivity index (χ1) is 12.1. The third-order valence-electron chi connectivity index (χ3n) is 4.20. The van der Waals surface area contributed by atoms with Gasteiger partial charge in [-0.2, -0.15) is 8.78 Å². The summed E-state index contributed by atoms with van der Waals surface area (Å²) in [6, 6.07) is -1.07. The van der Waals surface area contributed by atoms with E-state index in [9.17, 15) is 9.36 Å². The van der Waals surface area contributed by atoms with Crippen molar-refractivity contribution >= 4 is 13.7 Å². The maximum absolute atomic E-state index is 15.2. The molecule has 0 aromatic heterocycles. The minimum Gasteiger partial charge on any atom is -0.444 e. The van der Waals surface area contributed by atoms with Gasteiger partial charge in [0.1, 0.15) is 11.3 Å². The van der Waals surface area contributed by atoms with Crippen molar-refractivity contribution in [3.05, 3.63) is 0 Å². The molecule has 0 bridgehead atoms. The summed E-state index contributed by atoms with van der Waals surface area (Å²) in [5, 5.41) is 0. The third kappa shape index (κ3) is 5.19. The summed E-state index contributed by atoms with van der Waals surface area (Å²) in [5.74, 6) is -1.56. The van der Waals surface area contributed by atoms with E-state index in [1.807, 2.05) is 0 Å². The van der Waals surface area contributed by atoms with Crippen LogP contribution < -0.4 is 0 Å². The molecule has 1 saturated heterocycles. The molecule has 0 N–H and O–H groups in total. The van der Waals surface area contributed by atoms with Gasteiger partial charge in [0.25, 0.3) is 0 Å². The SMILES string of the molecule is CCOP(=O)(OCC)C(F)(F)[C@@H](C)[C@H]1COC(C)(C)N1C(=O)OC(C)(C)C. The predicted octanol–water partition coefficient (Wildman–Crippen LogP) is 4.85. The van der Waals surface area contributed by atoms with Gasteiger partial charge in [0.05, 0.1) is 31.8 Å². The maximum Gasteiger partial charge on any atom is 0.412 e. The zero-order valence-corrected chi connectivity index (χ0v) is 18.3. The Bertz CT molecular complexity index is 568. The van der Waals surface area contributed by atoms with E-state index in [1.165, 1.54) is 20.8 Å². The van der Waals surface area contributed by atoms with Crippen LogP contribution in [0.3, 0.4) is 0 Å². The van der Waals surface area contributed by atoms with Crippen LogP contribution in [-0.2, 0) is 23.1 Å². The molecule has 160 valence electrons. The molecule has 0 aliphatic carbocycles. The van der Waals surface area contributed by atoms with Crippen LogP contribution in [0.4, 0.5) is 13.6 Å². The van der Waals surface area contributed by atoms with E-state index in [0.29, 0.717) is 0 Å². The molecule has 0 saturated carbocycles. The van der Waals surface area contributed by atoms with Gasteiger partial charge in [0, 0.05) is 0 Å². The van der Waals surface area contributed by atoms with E-state index in [4.69, 9.17) is 18.5 Å². The highest BCUT2D eigenvalue weighted by atomic mass is 31.2. The Balaban J connectivity index is 3.23. The lowest BCUT2D eigenvalue weighted by Gasteiger charge is -2.39. The molecule has 10 heteroatoms. The molecule has 1 aliphatic rings. The number of ether oxygens (including phenoxy) is 2. The summed E-state index contributed by atoms with van der Waals surface area (Å²) in [6.07, 6.45) is -0.777. The van der Waals surface area contributed by atoms with Crippen molar-refractivity contribution in [1.82, 2.24) is 4.90 Å². The van der Waals surface area contributed by atoms with E-state index in [1.54, 1.807) is 34.6 Å². The lowest BCUT2D eigenvalue weighted by molar-refractivity contribution is -0.0744. The van der Waals surface area contributed by atoms with Crippen LogP contribution in [0.1, 0.15) is 55.4 Å². The van der Waals surface area contributed by atoms with E-state index >= 15 is 8.78 Å². The van der Waals surface area contributed by atoms with E-state index in [2.05, 4.69) is 0 Å². The van der Waals surface area contributed by atoms with Crippen molar-refractivity contribution < 1.29 is 36.7 Å². The molecule has 27 heavy (non-hydrogen) atoms. The fourth-order valence-electron chi connectivity index (χ4n) is 2.90. The Kier molecular flexibility index (Phi) is 7.47. The third-order valence-corrected chi connectivity index (χ3v) is 6.53. The Hall–Kier alpha value is -0.760. The van der Waals surface area contributed by atoms with Crippen LogP contribution in [0.25, 0.3) is 0 Å². The average molecular weight is 415 g/mol. The molecule has 7 nitrogen and oxygen atoms in total. The van der Waals surface area contributed by atoms with Crippen molar-refractivity contribution in [2.24, 2.45) is 5.92 Å². The van der Waals surface area contributed by atoms with Gasteiger partial charge in [0.2, 0.25) is 0 Å². The van der Waals surface area contributed by atoms with Crippen LogP contribution in [0.15, 0.2) is 0 Å².